The highest BCUT2D eigenvalue weighted by molar-refractivity contribution is 5.88. The summed E-state index contributed by atoms with van der Waals surface area (Å²) in [5, 5.41) is 21.7. The number of carbonyl (C=O) groups is 1. The molecular formula is C32H29NO7. The number of benzene rings is 3. The van der Waals surface area contributed by atoms with E-state index >= 15 is 0 Å². The van der Waals surface area contributed by atoms with Gasteiger partial charge in [-0.25, -0.2) is 0 Å². The van der Waals surface area contributed by atoms with E-state index in [1.165, 1.54) is 37.6 Å². The van der Waals surface area contributed by atoms with Crippen molar-refractivity contribution in [1.29, 1.82) is 0 Å². The number of para-hydroxylation sites is 1. The van der Waals surface area contributed by atoms with E-state index in [0.29, 0.717) is 12.1 Å². The Hall–Kier alpha value is -4.85. The molecule has 8 nitrogen and oxygen atoms in total. The quantitative estimate of drug-likeness (QED) is 0.261. The third kappa shape index (κ3) is 4.84. The zero-order chi connectivity index (χ0) is 28.6. The van der Waals surface area contributed by atoms with E-state index in [0.717, 1.165) is 10.9 Å². The minimum absolute atomic E-state index is 0.0605. The van der Waals surface area contributed by atoms with Crippen LogP contribution in [0.25, 0.3) is 33.0 Å². The van der Waals surface area contributed by atoms with Crippen LogP contribution in [-0.4, -0.2) is 27.9 Å². The minimum Gasteiger partial charge on any atom is -0.508 e. The molecular weight excluding hydrogens is 510 g/mol. The van der Waals surface area contributed by atoms with Gasteiger partial charge in [0.25, 0.3) is 5.56 Å². The molecule has 8 heteroatoms. The first-order valence-corrected chi connectivity index (χ1v) is 13.0. The zero-order valence-corrected chi connectivity index (χ0v) is 22.4. The second kappa shape index (κ2) is 10.7. The summed E-state index contributed by atoms with van der Waals surface area (Å²) in [6, 6.07) is 18.2. The Labute approximate surface area is 229 Å². The normalized spacial score (nSPS) is 12.2. The van der Waals surface area contributed by atoms with Gasteiger partial charge in [0, 0.05) is 23.6 Å². The van der Waals surface area contributed by atoms with Gasteiger partial charge in [0.1, 0.15) is 23.3 Å². The van der Waals surface area contributed by atoms with Gasteiger partial charge < -0.3 is 23.9 Å². The van der Waals surface area contributed by atoms with Crippen LogP contribution in [0.2, 0.25) is 0 Å². The van der Waals surface area contributed by atoms with Gasteiger partial charge in [0.2, 0.25) is 5.43 Å². The third-order valence-electron chi connectivity index (χ3n) is 7.04. The molecule has 2 aromatic heterocycles. The number of aromatic nitrogens is 1. The number of nitrogens with zero attached hydrogens (tertiary/aromatic N) is 1. The van der Waals surface area contributed by atoms with Crippen LogP contribution >= 0.6 is 0 Å². The number of hydrogen-bond donors (Lipinski definition) is 2. The number of methoxy groups -OCH3 is 1. The molecule has 40 heavy (non-hydrogen) atoms. The number of esters is 1. The lowest BCUT2D eigenvalue weighted by atomic mass is 9.86. The van der Waals surface area contributed by atoms with Crippen LogP contribution in [0, 0.1) is 5.92 Å². The monoisotopic (exact) mass is 539 g/mol. The van der Waals surface area contributed by atoms with Crippen LogP contribution in [0.5, 0.6) is 11.5 Å². The number of carbonyl (C=O) groups excluding carboxylic acids is 1. The first kappa shape index (κ1) is 26.7. The zero-order valence-electron chi connectivity index (χ0n) is 22.4. The Kier molecular flexibility index (Phi) is 7.17. The van der Waals surface area contributed by atoms with Crippen LogP contribution < -0.4 is 11.0 Å². The summed E-state index contributed by atoms with van der Waals surface area (Å²) in [7, 11) is 1.25. The number of aromatic hydroxyl groups is 2. The molecule has 0 unspecified atom stereocenters. The number of phenolic OH excluding ortho intramolecular Hbond substituents is 2. The Morgan fingerprint density at radius 3 is 2.42 bits per heavy atom. The number of hydrogen-bond acceptors (Lipinski definition) is 7. The number of phenols is 2. The first-order valence-electron chi connectivity index (χ1n) is 13.0. The molecule has 0 amide bonds. The molecule has 5 aromatic rings. The molecule has 0 bridgehead atoms. The molecule has 0 aliphatic heterocycles. The fourth-order valence-electron chi connectivity index (χ4n) is 5.15. The van der Waals surface area contributed by atoms with E-state index in [9.17, 15) is 24.6 Å². The summed E-state index contributed by atoms with van der Waals surface area (Å²) in [5.41, 5.74) is 1.40. The van der Waals surface area contributed by atoms with Crippen LogP contribution in [0.4, 0.5) is 0 Å². The van der Waals surface area contributed by atoms with Crippen molar-refractivity contribution < 1.29 is 24.2 Å². The summed E-state index contributed by atoms with van der Waals surface area (Å²) in [6.45, 7) is 4.47. The molecule has 0 aliphatic carbocycles. The van der Waals surface area contributed by atoms with Crippen LogP contribution in [-0.2, 0) is 16.1 Å². The maximum absolute atomic E-state index is 14.0. The van der Waals surface area contributed by atoms with Gasteiger partial charge in [-0.05, 0) is 53.3 Å². The number of fused-ring (bicyclic) bond motifs is 2. The van der Waals surface area contributed by atoms with Crippen molar-refractivity contribution in [2.24, 2.45) is 5.92 Å². The van der Waals surface area contributed by atoms with Crippen molar-refractivity contribution >= 4 is 27.8 Å². The van der Waals surface area contributed by atoms with Crippen molar-refractivity contribution in [2.75, 3.05) is 7.11 Å². The molecule has 1 atom stereocenters. The highest BCUT2D eigenvalue weighted by Crippen LogP contribution is 2.39. The third-order valence-corrected chi connectivity index (χ3v) is 7.04. The van der Waals surface area contributed by atoms with Crippen molar-refractivity contribution in [3.63, 3.8) is 0 Å². The maximum atomic E-state index is 14.0. The van der Waals surface area contributed by atoms with Gasteiger partial charge in [0.15, 0.2) is 0 Å². The van der Waals surface area contributed by atoms with E-state index in [1.807, 2.05) is 38.1 Å². The number of rotatable bonds is 7. The summed E-state index contributed by atoms with van der Waals surface area (Å²) in [5.74, 6) is -1.55. The highest BCUT2D eigenvalue weighted by Gasteiger charge is 2.29. The lowest BCUT2D eigenvalue weighted by Gasteiger charge is -2.22. The fraction of sp³-hybridized carbons (Fsp3) is 0.219. The SMILES string of the molecule is COC(=O)C[C@H](c1cc2ccccc2n(CC(C)C)c1=O)c1c(O)ccc2c(=O)c(-c3ccc(O)cc3)coc12. The standard InChI is InChI=1S/C32H29NO7/c1-18(2)16-33-26-7-5-4-6-20(26)14-24(32(33)38)23(15-28(36)39-3)29-27(35)13-12-22-30(37)25(17-40-31(22)29)19-8-10-21(34)11-9-19/h4-14,17-18,23,34-35H,15-16H2,1-3H3/t23-/m1/s1. The smallest absolute Gasteiger partial charge is 0.306 e. The van der Waals surface area contributed by atoms with Crippen molar-refractivity contribution in [3.05, 3.63) is 105 Å². The molecule has 204 valence electrons. The lowest BCUT2D eigenvalue weighted by Crippen LogP contribution is -2.29. The molecule has 2 N–H and O–H groups in total. The molecule has 5 rings (SSSR count). The lowest BCUT2D eigenvalue weighted by molar-refractivity contribution is -0.140. The Morgan fingerprint density at radius 1 is 1.00 bits per heavy atom. The second-order valence-electron chi connectivity index (χ2n) is 10.2. The van der Waals surface area contributed by atoms with Crippen molar-refractivity contribution in [3.8, 4) is 22.6 Å². The Morgan fingerprint density at radius 2 is 1.73 bits per heavy atom. The van der Waals surface area contributed by atoms with Gasteiger partial charge in [-0.1, -0.05) is 44.2 Å². The molecule has 0 saturated carbocycles. The van der Waals surface area contributed by atoms with Gasteiger partial charge in [-0.2, -0.15) is 0 Å². The topological polar surface area (TPSA) is 119 Å². The van der Waals surface area contributed by atoms with Crippen LogP contribution in [0.15, 0.2) is 87.0 Å². The Bertz CT molecular complexity index is 1850. The van der Waals surface area contributed by atoms with Crippen molar-refractivity contribution in [1.82, 2.24) is 4.57 Å². The molecule has 0 spiro atoms. The minimum atomic E-state index is -0.964. The average Bonchev–Trinajstić information content (AvgIpc) is 2.94. The molecule has 0 aliphatic rings. The van der Waals surface area contributed by atoms with Crippen molar-refractivity contribution in [2.45, 2.75) is 32.7 Å². The van der Waals surface area contributed by atoms with E-state index in [4.69, 9.17) is 9.15 Å². The molecule has 0 saturated heterocycles. The summed E-state index contributed by atoms with van der Waals surface area (Å²) >= 11 is 0. The fourth-order valence-corrected chi connectivity index (χ4v) is 5.15. The predicted molar refractivity (Wildman–Crippen MR) is 153 cm³/mol. The summed E-state index contributed by atoms with van der Waals surface area (Å²) < 4.78 is 12.6. The van der Waals surface area contributed by atoms with Crippen LogP contribution in [0.3, 0.4) is 0 Å². The molecule has 3 aromatic carbocycles. The van der Waals surface area contributed by atoms with E-state index in [1.54, 1.807) is 22.8 Å². The van der Waals surface area contributed by atoms with E-state index in [2.05, 4.69) is 0 Å². The number of ether oxygens (including phenoxy) is 1. The number of pyridine rings is 1. The second-order valence-corrected chi connectivity index (χ2v) is 10.2. The first-order chi connectivity index (χ1) is 19.2. The summed E-state index contributed by atoms with van der Waals surface area (Å²) in [6.07, 6.45) is 1.02. The van der Waals surface area contributed by atoms with E-state index in [-0.39, 0.29) is 62.5 Å². The van der Waals surface area contributed by atoms with Gasteiger partial charge in [-0.15, -0.1) is 0 Å². The average molecular weight is 540 g/mol. The predicted octanol–water partition coefficient (Wildman–Crippen LogP) is 5.54. The Balaban J connectivity index is 1.79. The van der Waals surface area contributed by atoms with E-state index < -0.39 is 11.9 Å². The van der Waals surface area contributed by atoms with Gasteiger partial charge in [0.05, 0.1) is 30.0 Å². The molecule has 0 fully saturated rings. The van der Waals surface area contributed by atoms with Gasteiger partial charge >= 0.3 is 5.97 Å². The maximum Gasteiger partial charge on any atom is 0.306 e. The van der Waals surface area contributed by atoms with Crippen LogP contribution in [0.1, 0.15) is 37.3 Å². The highest BCUT2D eigenvalue weighted by atomic mass is 16.5. The summed E-state index contributed by atoms with van der Waals surface area (Å²) in [4.78, 5) is 40.2. The largest absolute Gasteiger partial charge is 0.508 e. The van der Waals surface area contributed by atoms with Gasteiger partial charge in [-0.3, -0.25) is 14.4 Å². The molecule has 0 radical (unpaired) electrons. The molecule has 2 heterocycles.